The quantitative estimate of drug-likeness (QED) is 0.414. The zero-order valence-corrected chi connectivity index (χ0v) is 4.92. The Balaban J connectivity index is 2.54. The molecule has 1 aliphatic heterocycles. The molecule has 0 aliphatic carbocycles. The molecule has 0 bridgehead atoms. The Hall–Kier alpha value is -1.06. The van der Waals surface area contributed by atoms with E-state index in [1.807, 2.05) is 0 Å². The van der Waals surface area contributed by atoms with Gasteiger partial charge in [-0.3, -0.25) is 0 Å². The van der Waals surface area contributed by atoms with Crippen molar-refractivity contribution >= 4 is 11.9 Å². The van der Waals surface area contributed by atoms with Crippen molar-refractivity contribution in [3.05, 3.63) is 0 Å². The molecule has 1 fully saturated rings. The van der Waals surface area contributed by atoms with E-state index in [1.54, 1.807) is 0 Å². The van der Waals surface area contributed by atoms with Crippen molar-refractivity contribution in [1.82, 2.24) is 0 Å². The highest BCUT2D eigenvalue weighted by Gasteiger charge is 2.25. The molecular formula is C5H6O4. The maximum absolute atomic E-state index is 10.4. The van der Waals surface area contributed by atoms with Gasteiger partial charge in [0.2, 0.25) is 0 Å². The Labute approximate surface area is 51.7 Å². The second-order valence-electron chi connectivity index (χ2n) is 1.74. The van der Waals surface area contributed by atoms with Gasteiger partial charge in [0.25, 0.3) is 0 Å². The number of hydrogen-bond acceptors (Lipinski definition) is 4. The van der Waals surface area contributed by atoms with E-state index >= 15 is 0 Å². The van der Waals surface area contributed by atoms with Crippen LogP contribution in [0.25, 0.3) is 0 Å². The molecule has 0 radical (unpaired) electrons. The van der Waals surface area contributed by atoms with E-state index < -0.39 is 18.0 Å². The summed E-state index contributed by atoms with van der Waals surface area (Å²) in [7, 11) is 0. The summed E-state index contributed by atoms with van der Waals surface area (Å²) in [6.07, 6.45) is -0.730. The third kappa shape index (κ3) is 1.19. The van der Waals surface area contributed by atoms with E-state index in [4.69, 9.17) is 0 Å². The minimum Gasteiger partial charge on any atom is -0.451 e. The Morgan fingerprint density at radius 1 is 1.56 bits per heavy atom. The smallest absolute Gasteiger partial charge is 0.347 e. The van der Waals surface area contributed by atoms with Gasteiger partial charge in [0.05, 0.1) is 0 Å². The topological polar surface area (TPSA) is 52.6 Å². The largest absolute Gasteiger partial charge is 0.451 e. The molecule has 4 heteroatoms. The number of cyclic esters (lactones) is 2. The van der Waals surface area contributed by atoms with Crippen LogP contribution in [-0.2, 0) is 19.1 Å². The summed E-state index contributed by atoms with van der Waals surface area (Å²) in [5, 5.41) is 0. The molecule has 0 saturated carbocycles. The van der Waals surface area contributed by atoms with E-state index in [0.29, 0.717) is 0 Å². The van der Waals surface area contributed by atoms with Gasteiger partial charge in [0.15, 0.2) is 12.7 Å². The molecule has 0 aromatic rings. The molecular weight excluding hydrogens is 124 g/mol. The van der Waals surface area contributed by atoms with Crippen LogP contribution in [0.4, 0.5) is 0 Å². The molecule has 1 rings (SSSR count). The third-order valence-electron chi connectivity index (χ3n) is 0.972. The van der Waals surface area contributed by atoms with E-state index in [-0.39, 0.29) is 6.61 Å². The van der Waals surface area contributed by atoms with Gasteiger partial charge in [0, 0.05) is 0 Å². The summed E-state index contributed by atoms with van der Waals surface area (Å²) in [5.41, 5.74) is 0. The van der Waals surface area contributed by atoms with Crippen LogP contribution >= 0.6 is 0 Å². The lowest BCUT2D eigenvalue weighted by atomic mass is 10.4. The lowest BCUT2D eigenvalue weighted by molar-refractivity contribution is -0.183. The minimum atomic E-state index is -0.730. The zero-order valence-electron chi connectivity index (χ0n) is 4.92. The third-order valence-corrected chi connectivity index (χ3v) is 0.972. The van der Waals surface area contributed by atoms with Crippen molar-refractivity contribution in [2.75, 3.05) is 6.61 Å². The Morgan fingerprint density at radius 3 is 2.67 bits per heavy atom. The number of esters is 2. The minimum absolute atomic E-state index is 0.247. The van der Waals surface area contributed by atoms with Crippen molar-refractivity contribution in [3.8, 4) is 0 Å². The van der Waals surface area contributed by atoms with Crippen LogP contribution < -0.4 is 0 Å². The molecule has 1 unspecified atom stereocenters. The number of rotatable bonds is 0. The fourth-order valence-electron chi connectivity index (χ4n) is 0.527. The maximum atomic E-state index is 10.4. The normalized spacial score (nSPS) is 27.0. The highest BCUT2D eigenvalue weighted by molar-refractivity contribution is 5.84. The first-order chi connectivity index (χ1) is 4.20. The van der Waals surface area contributed by atoms with Gasteiger partial charge in [-0.1, -0.05) is 0 Å². The number of carbonyl (C=O) groups is 2. The first-order valence-corrected chi connectivity index (χ1v) is 2.56. The molecule has 0 aromatic carbocycles. The van der Waals surface area contributed by atoms with Crippen molar-refractivity contribution in [2.45, 2.75) is 13.0 Å². The Kier molecular flexibility index (Phi) is 1.38. The van der Waals surface area contributed by atoms with Crippen LogP contribution in [0, 0.1) is 0 Å². The molecule has 0 aromatic heterocycles. The van der Waals surface area contributed by atoms with Gasteiger partial charge in [-0.2, -0.15) is 0 Å². The number of hydrogen-bond donors (Lipinski definition) is 0. The van der Waals surface area contributed by atoms with Crippen LogP contribution in [0.5, 0.6) is 0 Å². The SMILES string of the molecule is CC1OC(=O)COC1=O. The highest BCUT2D eigenvalue weighted by atomic mass is 16.6. The van der Waals surface area contributed by atoms with Crippen molar-refractivity contribution < 1.29 is 19.1 Å². The van der Waals surface area contributed by atoms with Crippen molar-refractivity contribution in [3.63, 3.8) is 0 Å². The van der Waals surface area contributed by atoms with E-state index in [0.717, 1.165) is 0 Å². The second kappa shape index (κ2) is 2.05. The van der Waals surface area contributed by atoms with Crippen LogP contribution in [0.3, 0.4) is 0 Å². The summed E-state index contributed by atoms with van der Waals surface area (Å²) in [6.45, 7) is 1.22. The molecule has 1 saturated heterocycles. The molecule has 0 spiro atoms. The molecule has 1 aliphatic rings. The summed E-state index contributed by atoms with van der Waals surface area (Å²) in [4.78, 5) is 20.8. The van der Waals surface area contributed by atoms with Gasteiger partial charge in [-0.25, -0.2) is 9.59 Å². The average molecular weight is 130 g/mol. The molecule has 0 amide bonds. The first-order valence-electron chi connectivity index (χ1n) is 2.56. The predicted molar refractivity (Wildman–Crippen MR) is 26.5 cm³/mol. The number of carbonyl (C=O) groups excluding carboxylic acids is 2. The molecule has 1 heterocycles. The van der Waals surface area contributed by atoms with Crippen LogP contribution in [0.2, 0.25) is 0 Å². The molecule has 9 heavy (non-hydrogen) atoms. The molecule has 50 valence electrons. The first kappa shape index (κ1) is 6.07. The maximum Gasteiger partial charge on any atom is 0.347 e. The van der Waals surface area contributed by atoms with Crippen LogP contribution in [0.1, 0.15) is 6.92 Å². The fraction of sp³-hybridized carbons (Fsp3) is 0.600. The van der Waals surface area contributed by atoms with Crippen molar-refractivity contribution in [2.24, 2.45) is 0 Å². The van der Waals surface area contributed by atoms with Gasteiger partial charge in [0.1, 0.15) is 0 Å². The Bertz CT molecular complexity index is 151. The van der Waals surface area contributed by atoms with Crippen molar-refractivity contribution in [1.29, 1.82) is 0 Å². The average Bonchev–Trinajstić information content (AvgIpc) is 1.80. The second-order valence-corrected chi connectivity index (χ2v) is 1.74. The monoisotopic (exact) mass is 130 g/mol. The number of ether oxygens (including phenoxy) is 2. The van der Waals surface area contributed by atoms with E-state index in [1.165, 1.54) is 6.92 Å². The van der Waals surface area contributed by atoms with Crippen LogP contribution in [0.15, 0.2) is 0 Å². The van der Waals surface area contributed by atoms with E-state index in [2.05, 4.69) is 9.47 Å². The van der Waals surface area contributed by atoms with Gasteiger partial charge >= 0.3 is 11.9 Å². The highest BCUT2D eigenvalue weighted by Crippen LogP contribution is 2.01. The van der Waals surface area contributed by atoms with E-state index in [9.17, 15) is 9.59 Å². The van der Waals surface area contributed by atoms with Crippen LogP contribution in [-0.4, -0.2) is 24.6 Å². The summed E-state index contributed by atoms with van der Waals surface area (Å²) < 4.78 is 8.87. The summed E-state index contributed by atoms with van der Waals surface area (Å²) >= 11 is 0. The zero-order chi connectivity index (χ0) is 6.85. The fourth-order valence-corrected chi connectivity index (χ4v) is 0.527. The van der Waals surface area contributed by atoms with Gasteiger partial charge in [-0.05, 0) is 6.92 Å². The predicted octanol–water partition coefficient (Wildman–Crippen LogP) is -0.525. The summed E-state index contributed by atoms with van der Waals surface area (Å²) in [5.74, 6) is -0.961. The molecule has 1 atom stereocenters. The summed E-state index contributed by atoms with van der Waals surface area (Å²) in [6, 6.07) is 0. The molecule has 4 nitrogen and oxygen atoms in total. The van der Waals surface area contributed by atoms with Gasteiger partial charge in [-0.15, -0.1) is 0 Å². The Morgan fingerprint density at radius 2 is 2.22 bits per heavy atom. The lowest BCUT2D eigenvalue weighted by Crippen LogP contribution is -2.35. The lowest BCUT2D eigenvalue weighted by Gasteiger charge is -2.16. The van der Waals surface area contributed by atoms with Gasteiger partial charge < -0.3 is 9.47 Å². The standard InChI is InChI=1S/C5H6O4/c1-3-5(7)8-2-4(6)9-3/h3H,2H2,1H3. The molecule has 0 N–H and O–H groups in total.